The summed E-state index contributed by atoms with van der Waals surface area (Å²) < 4.78 is 9.92. The van der Waals surface area contributed by atoms with Gasteiger partial charge in [-0.05, 0) is 69.2 Å². The van der Waals surface area contributed by atoms with Crippen LogP contribution in [-0.2, 0) is 19.1 Å². The molecule has 10 heteroatoms. The molecule has 0 aromatic rings. The van der Waals surface area contributed by atoms with Gasteiger partial charge in [-0.2, -0.15) is 10.4 Å². The van der Waals surface area contributed by atoms with Gasteiger partial charge in [0.15, 0.2) is 0 Å². The summed E-state index contributed by atoms with van der Waals surface area (Å²) in [5, 5.41) is 15.4. The van der Waals surface area contributed by atoms with E-state index in [0.717, 1.165) is 12.3 Å². The molecular formula is C22H46N4O4P2+2. The van der Waals surface area contributed by atoms with Crippen LogP contribution in [0.3, 0.4) is 0 Å². The van der Waals surface area contributed by atoms with Crippen LogP contribution in [0.25, 0.3) is 0 Å². The fourth-order valence-corrected chi connectivity index (χ4v) is 12.6. The summed E-state index contributed by atoms with van der Waals surface area (Å²) >= 11 is 0. The van der Waals surface area contributed by atoms with E-state index in [0.29, 0.717) is 35.8 Å². The van der Waals surface area contributed by atoms with E-state index in [-0.39, 0.29) is 0 Å². The van der Waals surface area contributed by atoms with Crippen LogP contribution < -0.4 is 10.4 Å². The summed E-state index contributed by atoms with van der Waals surface area (Å²) in [6.07, 6.45) is 4.37. The van der Waals surface area contributed by atoms with Crippen LogP contribution >= 0.6 is 14.8 Å². The van der Waals surface area contributed by atoms with Crippen molar-refractivity contribution in [3.8, 4) is 0 Å². The van der Waals surface area contributed by atoms with E-state index >= 15 is 0 Å². The van der Waals surface area contributed by atoms with Crippen LogP contribution in [0.4, 0.5) is 0 Å². The molecule has 0 aliphatic rings. The average molecular weight is 493 g/mol. The minimum atomic E-state index is -1.76. The lowest BCUT2D eigenvalue weighted by molar-refractivity contribution is -0.135. The monoisotopic (exact) mass is 492 g/mol. The fraction of sp³-hybridized carbons (Fsp3) is 0.818. The largest absolute Gasteiger partial charge is 0.462 e. The number of ether oxygens (including phenoxy) is 2. The Kier molecular flexibility index (Phi) is 14.2. The van der Waals surface area contributed by atoms with Gasteiger partial charge in [0.2, 0.25) is 0 Å². The van der Waals surface area contributed by atoms with E-state index in [1.54, 1.807) is 13.8 Å². The van der Waals surface area contributed by atoms with Crippen molar-refractivity contribution in [2.75, 3.05) is 25.5 Å². The molecule has 0 radical (unpaired) electrons. The first-order valence-corrected chi connectivity index (χ1v) is 15.8. The minimum Gasteiger partial charge on any atom is -0.462 e. The van der Waals surface area contributed by atoms with Crippen molar-refractivity contribution >= 4 is 39.2 Å². The second kappa shape index (κ2) is 14.8. The van der Waals surface area contributed by atoms with Crippen LogP contribution in [0.2, 0.25) is 0 Å². The highest BCUT2D eigenvalue weighted by atomic mass is 31.2. The Morgan fingerprint density at radius 1 is 0.688 bits per heavy atom. The molecule has 0 aromatic carbocycles. The number of hydrogen-bond acceptors (Lipinski definition) is 8. The molecule has 0 bridgehead atoms. The van der Waals surface area contributed by atoms with Gasteiger partial charge in [-0.3, -0.25) is 0 Å². The number of carbonyl (C=O) groups is 2. The number of hydrazone groups is 2. The molecule has 0 heterocycles. The average Bonchev–Trinajstić information content (AvgIpc) is 2.68. The second-order valence-corrected chi connectivity index (χ2v) is 18.1. The number of hydrogen-bond donors (Lipinski definition) is 2. The Morgan fingerprint density at radius 3 is 1.19 bits per heavy atom. The zero-order valence-electron chi connectivity index (χ0n) is 21.7. The van der Waals surface area contributed by atoms with E-state index in [4.69, 9.17) is 9.47 Å². The van der Waals surface area contributed by atoms with Crippen LogP contribution in [0, 0.1) is 0 Å². The summed E-state index contributed by atoms with van der Waals surface area (Å²) in [4.78, 5) is 23.5. The highest BCUT2D eigenvalue weighted by molar-refractivity contribution is 7.79. The Hall–Kier alpha value is -1.26. The second-order valence-electron chi connectivity index (χ2n) is 8.90. The molecule has 0 spiro atoms. The number of esters is 2. The Morgan fingerprint density at radius 2 is 0.969 bits per heavy atom. The molecule has 0 saturated carbocycles. The Bertz CT molecular complexity index is 567. The van der Waals surface area contributed by atoms with Gasteiger partial charge < -0.3 is 9.47 Å². The van der Waals surface area contributed by atoms with Gasteiger partial charge in [0.1, 0.15) is 39.6 Å². The first-order valence-electron chi connectivity index (χ1n) is 11.6. The van der Waals surface area contributed by atoms with Crippen molar-refractivity contribution in [2.24, 2.45) is 10.2 Å². The summed E-state index contributed by atoms with van der Waals surface area (Å²) in [7, 11) is -3.53. The molecule has 2 N–H and O–H groups in total. The van der Waals surface area contributed by atoms with Gasteiger partial charge in [0, 0.05) is 0 Å². The standard InChI is InChI=1S/C22H44N4O4P2/c1-11-29-21(27)15-23-25-31(17(3)4,18(5)6)13-14-32(19(7)8,20(9)10)26-24-16-22(28)30-12-2/h15-20H,11-14H2,1-10H3/p+2. The van der Waals surface area contributed by atoms with Gasteiger partial charge >= 0.3 is 11.9 Å². The van der Waals surface area contributed by atoms with Crippen molar-refractivity contribution in [1.82, 2.24) is 10.4 Å². The molecule has 0 aromatic heterocycles. The van der Waals surface area contributed by atoms with Gasteiger partial charge in [-0.1, -0.05) is 0 Å². The number of nitrogens with one attached hydrogen (secondary N) is 2. The molecule has 186 valence electrons. The molecule has 8 nitrogen and oxygen atoms in total. The first-order chi connectivity index (χ1) is 14.9. The summed E-state index contributed by atoms with van der Waals surface area (Å²) in [5.74, 6) is -0.876. The predicted molar refractivity (Wildman–Crippen MR) is 141 cm³/mol. The van der Waals surface area contributed by atoms with Crippen LogP contribution in [0.1, 0.15) is 69.2 Å². The highest BCUT2D eigenvalue weighted by Gasteiger charge is 2.52. The van der Waals surface area contributed by atoms with Crippen LogP contribution in [0.15, 0.2) is 10.2 Å². The zero-order chi connectivity index (χ0) is 24.9. The third-order valence-corrected chi connectivity index (χ3v) is 16.6. The zero-order valence-corrected chi connectivity index (χ0v) is 23.5. The summed E-state index contributed by atoms with van der Waals surface area (Å²) in [6.45, 7) is 22.0. The lowest BCUT2D eigenvalue weighted by Gasteiger charge is -2.37. The van der Waals surface area contributed by atoms with Gasteiger partial charge in [0.25, 0.3) is 0 Å². The third-order valence-electron chi connectivity index (χ3n) is 5.93. The first kappa shape index (κ1) is 30.7. The van der Waals surface area contributed by atoms with Crippen molar-refractivity contribution in [3.05, 3.63) is 0 Å². The Balaban J connectivity index is 5.81. The third kappa shape index (κ3) is 8.94. The lowest BCUT2D eigenvalue weighted by atomic mass is 10.5. The van der Waals surface area contributed by atoms with Crippen molar-refractivity contribution in [3.63, 3.8) is 0 Å². The SMILES string of the molecule is CCOC(=O)C=NN[P+](CC[P+](NN=CC(=O)OCC)(C(C)C)C(C)C)(C(C)C)C(C)C. The van der Waals surface area contributed by atoms with Crippen molar-refractivity contribution in [1.29, 1.82) is 0 Å². The summed E-state index contributed by atoms with van der Waals surface area (Å²) in [6, 6.07) is 0. The van der Waals surface area contributed by atoms with Gasteiger partial charge in [0.05, 0.1) is 35.8 Å². The molecule has 0 aliphatic carbocycles. The Labute approximate surface area is 196 Å². The normalized spacial score (nSPS) is 13.1. The number of rotatable bonds is 15. The van der Waals surface area contributed by atoms with Gasteiger partial charge in [-0.25, -0.2) is 9.59 Å². The smallest absolute Gasteiger partial charge is 0.351 e. The maximum atomic E-state index is 11.7. The van der Waals surface area contributed by atoms with E-state index < -0.39 is 26.8 Å². The van der Waals surface area contributed by atoms with Crippen LogP contribution in [0.5, 0.6) is 0 Å². The molecule has 0 fully saturated rings. The van der Waals surface area contributed by atoms with Crippen molar-refractivity contribution in [2.45, 2.75) is 91.9 Å². The molecule has 0 rings (SSSR count). The van der Waals surface area contributed by atoms with E-state index in [1.165, 1.54) is 12.4 Å². The molecule has 0 amide bonds. The lowest BCUT2D eigenvalue weighted by Crippen LogP contribution is -2.35. The maximum absolute atomic E-state index is 11.7. The molecule has 0 unspecified atom stereocenters. The predicted octanol–water partition coefficient (Wildman–Crippen LogP) is 4.76. The van der Waals surface area contributed by atoms with Crippen molar-refractivity contribution < 1.29 is 19.1 Å². The molecule has 0 atom stereocenters. The topological polar surface area (TPSA) is 101 Å². The maximum Gasteiger partial charge on any atom is 0.351 e. The van der Waals surface area contributed by atoms with E-state index in [9.17, 15) is 9.59 Å². The number of nitrogens with zero attached hydrogens (tertiary/aromatic N) is 2. The van der Waals surface area contributed by atoms with Crippen LogP contribution in [-0.4, -0.2) is 72.5 Å². The quantitative estimate of drug-likeness (QED) is 0.148. The highest BCUT2D eigenvalue weighted by Crippen LogP contribution is 2.69. The molecular weight excluding hydrogens is 446 g/mol. The molecule has 0 aliphatic heterocycles. The van der Waals surface area contributed by atoms with E-state index in [2.05, 4.69) is 76.0 Å². The molecule has 0 saturated heterocycles. The van der Waals surface area contributed by atoms with Gasteiger partial charge in [-0.15, -0.1) is 10.2 Å². The summed E-state index contributed by atoms with van der Waals surface area (Å²) in [5.41, 5.74) is 1.52. The molecule has 32 heavy (non-hydrogen) atoms. The number of carbonyl (C=O) groups excluding carboxylic acids is 2. The van der Waals surface area contributed by atoms with E-state index in [1.807, 2.05) is 0 Å². The minimum absolute atomic E-state index is 0.327. The fourth-order valence-electron chi connectivity index (χ4n) is 3.86.